The van der Waals surface area contributed by atoms with Crippen molar-refractivity contribution >= 4 is 56.5 Å². The Morgan fingerprint density at radius 1 is 1.05 bits per heavy atom. The summed E-state index contributed by atoms with van der Waals surface area (Å²) in [4.78, 5) is 48.3. The molecule has 1 saturated heterocycles. The number of likely N-dealkylation sites (tertiary alicyclic amines) is 1. The number of nitrogens with one attached hydrogen (secondary N) is 3. The molecule has 0 radical (unpaired) electrons. The molecule has 1 aliphatic rings. The zero-order valence-electron chi connectivity index (χ0n) is 21.5. The van der Waals surface area contributed by atoms with Gasteiger partial charge in [-0.25, -0.2) is 14.4 Å². The molecule has 3 N–H and O–H groups in total. The Bertz CT molecular complexity index is 1750. The normalized spacial score (nSPS) is 16.9. The summed E-state index contributed by atoms with van der Waals surface area (Å²) in [5.41, 5.74) is 3.78. The molecule has 0 aliphatic carbocycles. The van der Waals surface area contributed by atoms with E-state index in [2.05, 4.69) is 30.8 Å². The fourth-order valence-corrected chi connectivity index (χ4v) is 5.10. The standard InChI is InChI=1S/C28H25FN8O3/c1-16(38)23-13-36(25-5-4-19(7-22(23)25)33-21-10-30-15-31-11-21)14-27(39)37-12-18(29)6-26(37)28(40)34-20-3-2-17-9-32-35-24(17)8-20/h2-5,7-11,13,15,18,26,33H,6,12,14H2,1H3,(H,32,35)(H,34,40)/t18-,26+/m1/s1. The van der Waals surface area contributed by atoms with E-state index in [0.717, 1.165) is 16.6 Å². The minimum absolute atomic E-state index is 0.0901. The van der Waals surface area contributed by atoms with E-state index < -0.39 is 24.0 Å². The van der Waals surface area contributed by atoms with Crippen LogP contribution in [0.3, 0.4) is 0 Å². The van der Waals surface area contributed by atoms with Crippen molar-refractivity contribution in [1.82, 2.24) is 29.6 Å². The first kappa shape index (κ1) is 25.2. The highest BCUT2D eigenvalue weighted by atomic mass is 19.1. The van der Waals surface area contributed by atoms with Gasteiger partial charge in [-0.05, 0) is 43.3 Å². The van der Waals surface area contributed by atoms with Gasteiger partial charge in [0.1, 0.15) is 25.1 Å². The first-order valence-corrected chi connectivity index (χ1v) is 12.7. The lowest BCUT2D eigenvalue weighted by molar-refractivity contribution is -0.137. The van der Waals surface area contributed by atoms with Crippen LogP contribution < -0.4 is 10.6 Å². The molecule has 0 unspecified atom stereocenters. The van der Waals surface area contributed by atoms with Crippen LogP contribution >= 0.6 is 0 Å². The molecular formula is C28H25FN8O3. The zero-order chi connectivity index (χ0) is 27.8. The number of H-pyrrole nitrogens is 1. The van der Waals surface area contributed by atoms with Gasteiger partial charge in [-0.1, -0.05) is 0 Å². The van der Waals surface area contributed by atoms with E-state index in [9.17, 15) is 18.8 Å². The van der Waals surface area contributed by atoms with Crippen molar-refractivity contribution in [1.29, 1.82) is 0 Å². The van der Waals surface area contributed by atoms with Gasteiger partial charge in [0.15, 0.2) is 5.78 Å². The van der Waals surface area contributed by atoms with Crippen molar-refractivity contribution < 1.29 is 18.8 Å². The number of rotatable bonds is 7. The highest BCUT2D eigenvalue weighted by Crippen LogP contribution is 2.29. The molecule has 2 atom stereocenters. The molecule has 0 spiro atoms. The van der Waals surface area contributed by atoms with Crippen LogP contribution in [0.15, 0.2) is 67.5 Å². The number of nitrogens with zero attached hydrogens (tertiary/aromatic N) is 5. The number of amides is 2. The van der Waals surface area contributed by atoms with E-state index in [1.165, 1.54) is 18.2 Å². The molecule has 0 bridgehead atoms. The van der Waals surface area contributed by atoms with E-state index >= 15 is 0 Å². The lowest BCUT2D eigenvalue weighted by atomic mass is 10.1. The molecule has 3 aromatic heterocycles. The number of carbonyl (C=O) groups excluding carboxylic acids is 3. The van der Waals surface area contributed by atoms with Crippen LogP contribution in [0.5, 0.6) is 0 Å². The Morgan fingerprint density at radius 3 is 2.65 bits per heavy atom. The van der Waals surface area contributed by atoms with Crippen molar-refractivity contribution in [3.63, 3.8) is 0 Å². The van der Waals surface area contributed by atoms with Crippen molar-refractivity contribution in [2.75, 3.05) is 17.2 Å². The number of halogens is 1. The van der Waals surface area contributed by atoms with Crippen molar-refractivity contribution in [3.8, 4) is 0 Å². The van der Waals surface area contributed by atoms with Gasteiger partial charge in [-0.2, -0.15) is 5.10 Å². The number of alkyl halides is 1. The van der Waals surface area contributed by atoms with E-state index in [4.69, 9.17) is 0 Å². The maximum absolute atomic E-state index is 14.5. The summed E-state index contributed by atoms with van der Waals surface area (Å²) in [7, 11) is 0. The molecule has 4 heterocycles. The molecule has 1 fully saturated rings. The lowest BCUT2D eigenvalue weighted by Crippen LogP contribution is -2.44. The van der Waals surface area contributed by atoms with Gasteiger partial charge in [-0.15, -0.1) is 0 Å². The molecule has 2 aromatic carbocycles. The topological polar surface area (TPSA) is 138 Å². The SMILES string of the molecule is CC(=O)c1cn(CC(=O)N2C[C@H](F)C[C@H]2C(=O)Nc2ccc3cn[nH]c3c2)c2ccc(Nc3cncnc3)cc12. The molecular weight excluding hydrogens is 515 g/mol. The molecule has 12 heteroatoms. The predicted octanol–water partition coefficient (Wildman–Crippen LogP) is 3.83. The first-order valence-electron chi connectivity index (χ1n) is 12.7. The number of Topliss-reactive ketones (excluding diaryl/α,β-unsaturated/α-hetero) is 1. The zero-order valence-corrected chi connectivity index (χ0v) is 21.5. The Balaban J connectivity index is 1.22. The van der Waals surface area contributed by atoms with Gasteiger partial charge in [-0.3, -0.25) is 19.5 Å². The van der Waals surface area contributed by atoms with Crippen LogP contribution in [-0.4, -0.2) is 66.0 Å². The summed E-state index contributed by atoms with van der Waals surface area (Å²) in [6.07, 6.45) is 6.57. The molecule has 11 nitrogen and oxygen atoms in total. The number of fused-ring (bicyclic) bond motifs is 2. The number of aromatic amines is 1. The third kappa shape index (κ3) is 4.86. The Labute approximate surface area is 227 Å². The number of ketones is 1. The summed E-state index contributed by atoms with van der Waals surface area (Å²) < 4.78 is 16.2. The van der Waals surface area contributed by atoms with E-state index in [1.807, 2.05) is 18.2 Å². The number of carbonyl (C=O) groups is 3. The minimum Gasteiger partial charge on any atom is -0.353 e. The molecule has 0 saturated carbocycles. The Hall–Kier alpha value is -5.13. The van der Waals surface area contributed by atoms with Crippen LogP contribution in [-0.2, 0) is 16.1 Å². The average molecular weight is 541 g/mol. The maximum atomic E-state index is 14.5. The van der Waals surface area contributed by atoms with Crippen molar-refractivity contribution in [2.24, 2.45) is 0 Å². The van der Waals surface area contributed by atoms with Crippen LogP contribution in [0.1, 0.15) is 23.7 Å². The third-order valence-electron chi connectivity index (χ3n) is 7.00. The molecule has 2 amide bonds. The summed E-state index contributed by atoms with van der Waals surface area (Å²) in [6, 6.07) is 9.75. The molecule has 6 rings (SSSR count). The number of benzene rings is 2. The van der Waals surface area contributed by atoms with Gasteiger partial charge in [0.25, 0.3) is 0 Å². The lowest BCUT2D eigenvalue weighted by Gasteiger charge is -2.24. The van der Waals surface area contributed by atoms with Gasteiger partial charge >= 0.3 is 0 Å². The first-order chi connectivity index (χ1) is 19.4. The second-order valence-corrected chi connectivity index (χ2v) is 9.77. The Kier molecular flexibility index (Phi) is 6.42. The highest BCUT2D eigenvalue weighted by molar-refractivity contribution is 6.08. The minimum atomic E-state index is -1.32. The number of anilines is 3. The largest absolute Gasteiger partial charge is 0.353 e. The summed E-state index contributed by atoms with van der Waals surface area (Å²) in [5.74, 6) is -1.04. The van der Waals surface area contributed by atoms with Gasteiger partial charge in [0.05, 0.1) is 36.3 Å². The number of hydrogen-bond acceptors (Lipinski definition) is 7. The summed E-state index contributed by atoms with van der Waals surface area (Å²) in [5, 5.41) is 14.4. The molecule has 1 aliphatic heterocycles. The molecule has 5 aromatic rings. The highest BCUT2D eigenvalue weighted by Gasteiger charge is 2.40. The fourth-order valence-electron chi connectivity index (χ4n) is 5.10. The van der Waals surface area contributed by atoms with Crippen molar-refractivity contribution in [2.45, 2.75) is 32.1 Å². The summed E-state index contributed by atoms with van der Waals surface area (Å²) >= 11 is 0. The predicted molar refractivity (Wildman–Crippen MR) is 147 cm³/mol. The van der Waals surface area contributed by atoms with Crippen molar-refractivity contribution in [3.05, 3.63) is 73.1 Å². The van der Waals surface area contributed by atoms with E-state index in [0.29, 0.717) is 27.8 Å². The molecule has 202 valence electrons. The second-order valence-electron chi connectivity index (χ2n) is 9.77. The van der Waals surface area contributed by atoms with Crippen LogP contribution in [0, 0.1) is 0 Å². The maximum Gasteiger partial charge on any atom is 0.247 e. The molecule has 40 heavy (non-hydrogen) atoms. The average Bonchev–Trinajstić information content (AvgIpc) is 3.66. The van der Waals surface area contributed by atoms with Crippen LogP contribution in [0.2, 0.25) is 0 Å². The third-order valence-corrected chi connectivity index (χ3v) is 7.00. The smallest absolute Gasteiger partial charge is 0.247 e. The fraction of sp³-hybridized carbons (Fsp3) is 0.214. The van der Waals surface area contributed by atoms with Gasteiger partial charge < -0.3 is 20.1 Å². The van der Waals surface area contributed by atoms with E-state index in [-0.39, 0.29) is 25.3 Å². The number of hydrogen-bond donors (Lipinski definition) is 3. The Morgan fingerprint density at radius 2 is 1.85 bits per heavy atom. The van der Waals surface area contributed by atoms with Crippen LogP contribution in [0.4, 0.5) is 21.5 Å². The van der Waals surface area contributed by atoms with Gasteiger partial charge in [0, 0.05) is 45.8 Å². The van der Waals surface area contributed by atoms with Crippen LogP contribution in [0.25, 0.3) is 21.8 Å². The number of aromatic nitrogens is 5. The monoisotopic (exact) mass is 540 g/mol. The van der Waals surface area contributed by atoms with Gasteiger partial charge in [0.2, 0.25) is 11.8 Å². The summed E-state index contributed by atoms with van der Waals surface area (Å²) in [6.45, 7) is 1.13. The second kappa shape index (κ2) is 10.2. The quantitative estimate of drug-likeness (QED) is 0.267. The van der Waals surface area contributed by atoms with E-state index in [1.54, 1.807) is 47.6 Å².